The van der Waals surface area contributed by atoms with Crippen molar-refractivity contribution in [3.63, 3.8) is 0 Å². The van der Waals surface area contributed by atoms with E-state index in [1.165, 1.54) is 0 Å². The highest BCUT2D eigenvalue weighted by atomic mass is 32.2. The first-order valence-corrected chi connectivity index (χ1v) is 10.1. The zero-order valence-corrected chi connectivity index (χ0v) is 14.1. The Morgan fingerprint density at radius 2 is 2.20 bits per heavy atom. The van der Waals surface area contributed by atoms with Crippen LogP contribution in [0, 0.1) is 13.8 Å². The lowest BCUT2D eigenvalue weighted by Gasteiger charge is -2.42. The number of fused-ring (bicyclic) bond motifs is 1. The van der Waals surface area contributed by atoms with Crippen molar-refractivity contribution in [2.24, 2.45) is 0 Å². The molecule has 2 atom stereocenters. The van der Waals surface area contributed by atoms with E-state index in [2.05, 4.69) is 0 Å². The van der Waals surface area contributed by atoms with E-state index in [1.54, 1.807) is 15.6 Å². The van der Waals surface area contributed by atoms with Crippen LogP contribution >= 0.6 is 23.1 Å². The number of rotatable bonds is 2. The average molecular weight is 334 g/mol. The molecule has 0 aromatic carbocycles. The summed E-state index contributed by atoms with van der Waals surface area (Å²) < 4.78 is 33.1. The minimum atomic E-state index is -3.37. The van der Waals surface area contributed by atoms with Gasteiger partial charge in [-0.3, -0.25) is 0 Å². The van der Waals surface area contributed by atoms with E-state index in [0.717, 1.165) is 21.9 Å². The van der Waals surface area contributed by atoms with Crippen LogP contribution in [0.1, 0.15) is 16.2 Å². The second-order valence-electron chi connectivity index (χ2n) is 5.23. The Morgan fingerprint density at radius 3 is 2.90 bits per heavy atom. The predicted molar refractivity (Wildman–Crippen MR) is 83.2 cm³/mol. The number of thiophene rings is 1. The molecule has 2 aliphatic heterocycles. The first-order chi connectivity index (χ1) is 9.50. The third-order valence-corrected chi connectivity index (χ3v) is 8.31. The summed E-state index contributed by atoms with van der Waals surface area (Å²) in [5.41, 5.74) is 0. The maximum absolute atomic E-state index is 13.0. The van der Waals surface area contributed by atoms with E-state index in [4.69, 9.17) is 4.74 Å². The van der Waals surface area contributed by atoms with Gasteiger partial charge in [-0.2, -0.15) is 16.1 Å². The highest BCUT2D eigenvalue weighted by Gasteiger charge is 2.41. The molecule has 3 heterocycles. The lowest BCUT2D eigenvalue weighted by Crippen LogP contribution is -2.54. The molecule has 0 aliphatic carbocycles. The number of hydrogen-bond donors (Lipinski definition) is 0. The Kier molecular flexibility index (Phi) is 4.16. The minimum Gasteiger partial charge on any atom is -0.380 e. The molecule has 20 heavy (non-hydrogen) atoms. The molecule has 0 bridgehead atoms. The Bertz CT molecular complexity index is 594. The standard InChI is InChI=1S/C13H19NO3S3/c1-9-7-13(10(2)19-9)20(15,16)14-4-6-18-12-8-17-5-3-11(12)14/h7,11-12H,3-6,8H2,1-2H3/t11-,12+/m1/s1. The Hall–Kier alpha value is -0.0800. The summed E-state index contributed by atoms with van der Waals surface area (Å²) in [4.78, 5) is 2.44. The summed E-state index contributed by atoms with van der Waals surface area (Å²) in [6.45, 7) is 5.80. The molecule has 7 heteroatoms. The number of sulfonamides is 1. The normalized spacial score (nSPS) is 28.3. The summed E-state index contributed by atoms with van der Waals surface area (Å²) in [5.74, 6) is 0.853. The fraction of sp³-hybridized carbons (Fsp3) is 0.692. The van der Waals surface area contributed by atoms with Crippen molar-refractivity contribution in [2.75, 3.05) is 25.5 Å². The molecule has 2 saturated heterocycles. The van der Waals surface area contributed by atoms with Gasteiger partial charge in [0.25, 0.3) is 0 Å². The van der Waals surface area contributed by atoms with Gasteiger partial charge in [-0.15, -0.1) is 11.3 Å². The highest BCUT2D eigenvalue weighted by molar-refractivity contribution is 8.00. The van der Waals surface area contributed by atoms with Crippen LogP contribution in [0.4, 0.5) is 0 Å². The molecule has 2 aliphatic rings. The molecule has 1 aromatic heterocycles. The monoisotopic (exact) mass is 333 g/mol. The van der Waals surface area contributed by atoms with Gasteiger partial charge < -0.3 is 4.74 Å². The lowest BCUT2D eigenvalue weighted by atomic mass is 10.1. The smallest absolute Gasteiger partial charge is 0.244 e. The quantitative estimate of drug-likeness (QED) is 0.833. The van der Waals surface area contributed by atoms with Crippen molar-refractivity contribution >= 4 is 33.1 Å². The number of thioether (sulfide) groups is 1. The maximum atomic E-state index is 13.0. The summed E-state index contributed by atoms with van der Waals surface area (Å²) in [7, 11) is -3.37. The molecular weight excluding hydrogens is 314 g/mol. The van der Waals surface area contributed by atoms with Crippen molar-refractivity contribution in [1.29, 1.82) is 0 Å². The van der Waals surface area contributed by atoms with Gasteiger partial charge in [0.1, 0.15) is 0 Å². The fourth-order valence-electron chi connectivity index (χ4n) is 2.94. The Morgan fingerprint density at radius 1 is 1.40 bits per heavy atom. The summed E-state index contributed by atoms with van der Waals surface area (Å²) in [5, 5.41) is 0.285. The van der Waals surface area contributed by atoms with Crippen LogP contribution in [0.5, 0.6) is 0 Å². The zero-order valence-electron chi connectivity index (χ0n) is 11.7. The second kappa shape index (κ2) is 5.61. The summed E-state index contributed by atoms with van der Waals surface area (Å²) in [6, 6.07) is 1.90. The molecule has 112 valence electrons. The van der Waals surface area contributed by atoms with Gasteiger partial charge in [-0.1, -0.05) is 0 Å². The van der Waals surface area contributed by atoms with Crippen LogP contribution in [-0.2, 0) is 14.8 Å². The van der Waals surface area contributed by atoms with Gasteiger partial charge in [0, 0.05) is 40.0 Å². The molecule has 3 rings (SSSR count). The van der Waals surface area contributed by atoms with E-state index >= 15 is 0 Å². The summed E-state index contributed by atoms with van der Waals surface area (Å²) in [6.07, 6.45) is 0.805. The zero-order chi connectivity index (χ0) is 14.3. The summed E-state index contributed by atoms with van der Waals surface area (Å²) >= 11 is 3.40. The van der Waals surface area contributed by atoms with Crippen LogP contribution in [0.2, 0.25) is 0 Å². The van der Waals surface area contributed by atoms with E-state index in [0.29, 0.717) is 24.7 Å². The third-order valence-electron chi connectivity index (χ3n) is 3.86. The molecule has 1 aromatic rings. The Balaban J connectivity index is 1.95. The largest absolute Gasteiger partial charge is 0.380 e. The van der Waals surface area contributed by atoms with Crippen molar-refractivity contribution in [1.82, 2.24) is 4.31 Å². The van der Waals surface area contributed by atoms with Crippen LogP contribution in [0.15, 0.2) is 11.0 Å². The van der Waals surface area contributed by atoms with Crippen molar-refractivity contribution < 1.29 is 13.2 Å². The fourth-order valence-corrected chi connectivity index (χ4v) is 7.65. The van der Waals surface area contributed by atoms with Crippen LogP contribution in [0.3, 0.4) is 0 Å². The van der Waals surface area contributed by atoms with Gasteiger partial charge in [-0.25, -0.2) is 8.42 Å². The van der Waals surface area contributed by atoms with Gasteiger partial charge in [-0.05, 0) is 26.3 Å². The second-order valence-corrected chi connectivity index (χ2v) is 9.90. The molecule has 0 unspecified atom stereocenters. The van der Waals surface area contributed by atoms with E-state index in [1.807, 2.05) is 31.7 Å². The minimum absolute atomic E-state index is 0.0899. The van der Waals surface area contributed by atoms with Gasteiger partial charge in [0.15, 0.2) is 0 Å². The van der Waals surface area contributed by atoms with Crippen LogP contribution in [-0.4, -0.2) is 49.5 Å². The molecule has 0 spiro atoms. The van der Waals surface area contributed by atoms with Gasteiger partial charge in [0.05, 0.1) is 11.5 Å². The molecular formula is C13H19NO3S3. The lowest BCUT2D eigenvalue weighted by molar-refractivity contribution is 0.0625. The first kappa shape index (κ1) is 14.8. The van der Waals surface area contributed by atoms with E-state index in [9.17, 15) is 8.42 Å². The molecule has 0 N–H and O–H groups in total. The predicted octanol–water partition coefficient (Wildman–Crippen LogP) is 2.26. The van der Waals surface area contributed by atoms with Gasteiger partial charge in [0.2, 0.25) is 10.0 Å². The molecule has 0 amide bonds. The SMILES string of the molecule is Cc1cc(S(=O)(=O)N2CCS[C@H]3COCC[C@H]32)c(C)s1. The molecule has 2 fully saturated rings. The van der Waals surface area contributed by atoms with Crippen molar-refractivity contribution in [3.05, 3.63) is 15.8 Å². The molecule has 0 radical (unpaired) electrons. The van der Waals surface area contributed by atoms with E-state index in [-0.39, 0.29) is 11.3 Å². The van der Waals surface area contributed by atoms with Crippen LogP contribution < -0.4 is 0 Å². The van der Waals surface area contributed by atoms with Crippen LogP contribution in [0.25, 0.3) is 0 Å². The first-order valence-electron chi connectivity index (χ1n) is 6.78. The highest BCUT2D eigenvalue weighted by Crippen LogP contribution is 2.36. The molecule has 4 nitrogen and oxygen atoms in total. The van der Waals surface area contributed by atoms with Crippen molar-refractivity contribution in [3.8, 4) is 0 Å². The van der Waals surface area contributed by atoms with Crippen molar-refractivity contribution in [2.45, 2.75) is 36.5 Å². The number of nitrogens with zero attached hydrogens (tertiary/aromatic N) is 1. The Labute approximate surface area is 128 Å². The third kappa shape index (κ3) is 2.54. The number of hydrogen-bond acceptors (Lipinski definition) is 5. The maximum Gasteiger partial charge on any atom is 0.244 e. The number of aryl methyl sites for hydroxylation is 2. The number of ether oxygens (including phenoxy) is 1. The average Bonchev–Trinajstić information content (AvgIpc) is 2.78. The van der Waals surface area contributed by atoms with E-state index < -0.39 is 10.0 Å². The van der Waals surface area contributed by atoms with Gasteiger partial charge >= 0.3 is 0 Å². The molecule has 0 saturated carbocycles. The topological polar surface area (TPSA) is 46.6 Å².